The highest BCUT2D eigenvalue weighted by Crippen LogP contribution is 2.16. The zero-order valence-electron chi connectivity index (χ0n) is 8.65. The summed E-state index contributed by atoms with van der Waals surface area (Å²) in [6.45, 7) is 7.76. The minimum absolute atomic E-state index is 0.506. The highest BCUT2D eigenvalue weighted by Gasteiger charge is 1.97. The minimum Gasteiger partial charge on any atom is -0.457 e. The summed E-state index contributed by atoms with van der Waals surface area (Å²) >= 11 is 0. The Morgan fingerprint density at radius 1 is 1.40 bits per heavy atom. The summed E-state index contributed by atoms with van der Waals surface area (Å²) in [5.74, 6) is 1.42. The Labute approximate surface area is 90.4 Å². The molecule has 0 fully saturated rings. The molecule has 2 nitrogen and oxygen atoms in total. The van der Waals surface area contributed by atoms with Crippen LogP contribution in [0.1, 0.15) is 5.56 Å². The molecule has 0 aliphatic heterocycles. The van der Waals surface area contributed by atoms with Crippen molar-refractivity contribution in [3.05, 3.63) is 67.0 Å². The molecule has 1 rings (SSSR count). The van der Waals surface area contributed by atoms with E-state index < -0.39 is 0 Å². The highest BCUT2D eigenvalue weighted by molar-refractivity contribution is 5.31. The van der Waals surface area contributed by atoms with E-state index in [-0.39, 0.29) is 0 Å². The lowest BCUT2D eigenvalue weighted by atomic mass is 10.2. The van der Waals surface area contributed by atoms with Crippen molar-refractivity contribution in [2.45, 2.75) is 6.54 Å². The van der Waals surface area contributed by atoms with Gasteiger partial charge in [0.25, 0.3) is 0 Å². The topological polar surface area (TPSA) is 35.2 Å². The van der Waals surface area contributed by atoms with E-state index >= 15 is 0 Å². The van der Waals surface area contributed by atoms with Crippen LogP contribution in [-0.2, 0) is 6.54 Å². The van der Waals surface area contributed by atoms with E-state index in [1.807, 2.05) is 24.3 Å². The van der Waals surface area contributed by atoms with Gasteiger partial charge in [0, 0.05) is 6.54 Å². The second-order valence-electron chi connectivity index (χ2n) is 2.96. The van der Waals surface area contributed by atoms with Crippen molar-refractivity contribution in [1.29, 1.82) is 0 Å². The van der Waals surface area contributed by atoms with E-state index in [0.717, 1.165) is 11.3 Å². The molecular weight excluding hydrogens is 186 g/mol. The Morgan fingerprint density at radius 2 is 2.20 bits per heavy atom. The van der Waals surface area contributed by atoms with Crippen molar-refractivity contribution in [3.63, 3.8) is 0 Å². The second kappa shape index (κ2) is 5.83. The van der Waals surface area contributed by atoms with Gasteiger partial charge in [0.05, 0.1) is 0 Å². The van der Waals surface area contributed by atoms with Gasteiger partial charge < -0.3 is 10.5 Å². The van der Waals surface area contributed by atoms with E-state index in [1.54, 1.807) is 18.2 Å². The molecule has 0 amide bonds. The summed E-state index contributed by atoms with van der Waals surface area (Å²) in [5.41, 5.74) is 6.57. The molecule has 1 aromatic rings. The van der Waals surface area contributed by atoms with Crippen LogP contribution in [-0.4, -0.2) is 0 Å². The third-order valence-corrected chi connectivity index (χ3v) is 1.85. The van der Waals surface area contributed by atoms with Gasteiger partial charge in [-0.05, 0) is 29.8 Å². The van der Waals surface area contributed by atoms with Gasteiger partial charge in [0.2, 0.25) is 0 Å². The summed E-state index contributed by atoms with van der Waals surface area (Å²) in [6.07, 6.45) is 5.04. The Morgan fingerprint density at radius 3 is 2.80 bits per heavy atom. The van der Waals surface area contributed by atoms with E-state index in [2.05, 4.69) is 13.2 Å². The summed E-state index contributed by atoms with van der Waals surface area (Å²) in [4.78, 5) is 0. The molecule has 2 heteroatoms. The quantitative estimate of drug-likeness (QED) is 0.587. The number of allylic oxidation sites excluding steroid dienone is 3. The van der Waals surface area contributed by atoms with E-state index in [1.165, 1.54) is 0 Å². The van der Waals surface area contributed by atoms with E-state index in [9.17, 15) is 0 Å². The van der Waals surface area contributed by atoms with Gasteiger partial charge in [-0.15, -0.1) is 0 Å². The Hall–Kier alpha value is -1.80. The maximum Gasteiger partial charge on any atom is 0.127 e. The summed E-state index contributed by atoms with van der Waals surface area (Å²) in [5, 5.41) is 0. The van der Waals surface area contributed by atoms with Gasteiger partial charge >= 0.3 is 0 Å². The number of ether oxygens (including phenoxy) is 1. The van der Waals surface area contributed by atoms with Crippen LogP contribution in [0.3, 0.4) is 0 Å². The average molecular weight is 201 g/mol. The monoisotopic (exact) mass is 201 g/mol. The van der Waals surface area contributed by atoms with Gasteiger partial charge in [0.1, 0.15) is 11.5 Å². The van der Waals surface area contributed by atoms with Crippen LogP contribution in [0.5, 0.6) is 5.75 Å². The third kappa shape index (κ3) is 3.44. The fourth-order valence-electron chi connectivity index (χ4n) is 1.13. The number of hydrogen-bond acceptors (Lipinski definition) is 2. The second-order valence-corrected chi connectivity index (χ2v) is 2.96. The first-order chi connectivity index (χ1) is 7.30. The molecule has 0 spiro atoms. The average Bonchev–Trinajstić information content (AvgIpc) is 2.29. The molecule has 0 unspecified atom stereocenters. The van der Waals surface area contributed by atoms with Crippen LogP contribution < -0.4 is 10.5 Å². The van der Waals surface area contributed by atoms with Crippen molar-refractivity contribution in [3.8, 4) is 5.75 Å². The Balaban J connectivity index is 2.83. The van der Waals surface area contributed by atoms with Gasteiger partial charge in [0.15, 0.2) is 0 Å². The zero-order chi connectivity index (χ0) is 11.1. The fourth-order valence-corrected chi connectivity index (χ4v) is 1.13. The molecule has 78 valence electrons. The van der Waals surface area contributed by atoms with Crippen molar-refractivity contribution in [1.82, 2.24) is 0 Å². The first-order valence-corrected chi connectivity index (χ1v) is 4.72. The van der Waals surface area contributed by atoms with Gasteiger partial charge in [-0.2, -0.15) is 0 Å². The Bertz CT molecular complexity index is 380. The number of hydrogen-bond donors (Lipinski definition) is 1. The SMILES string of the molecule is C=C/C=C(\C=C)Oc1cccc(CN)c1. The lowest BCUT2D eigenvalue weighted by Gasteiger charge is -2.06. The van der Waals surface area contributed by atoms with Crippen LogP contribution in [0.25, 0.3) is 0 Å². The fraction of sp³-hybridized carbons (Fsp3) is 0.0769. The molecule has 15 heavy (non-hydrogen) atoms. The molecule has 0 heterocycles. The molecule has 0 bridgehead atoms. The molecule has 0 aliphatic rings. The van der Waals surface area contributed by atoms with Crippen molar-refractivity contribution >= 4 is 0 Å². The third-order valence-electron chi connectivity index (χ3n) is 1.85. The highest BCUT2D eigenvalue weighted by atomic mass is 16.5. The van der Waals surface area contributed by atoms with E-state index in [4.69, 9.17) is 10.5 Å². The minimum atomic E-state index is 0.506. The van der Waals surface area contributed by atoms with Crippen molar-refractivity contribution < 1.29 is 4.74 Å². The lowest BCUT2D eigenvalue weighted by Crippen LogP contribution is -1.97. The summed E-state index contributed by atoms with van der Waals surface area (Å²) in [7, 11) is 0. The van der Waals surface area contributed by atoms with Gasteiger partial charge in [-0.1, -0.05) is 31.4 Å². The molecule has 0 aliphatic carbocycles. The number of nitrogens with two attached hydrogens (primary N) is 1. The lowest BCUT2D eigenvalue weighted by molar-refractivity contribution is 0.444. The summed E-state index contributed by atoms with van der Waals surface area (Å²) in [6, 6.07) is 7.64. The van der Waals surface area contributed by atoms with Gasteiger partial charge in [-0.25, -0.2) is 0 Å². The molecule has 0 saturated heterocycles. The van der Waals surface area contributed by atoms with Crippen LogP contribution in [0.2, 0.25) is 0 Å². The van der Waals surface area contributed by atoms with Crippen LogP contribution in [0.4, 0.5) is 0 Å². The van der Waals surface area contributed by atoms with Crippen LogP contribution in [0, 0.1) is 0 Å². The van der Waals surface area contributed by atoms with E-state index in [0.29, 0.717) is 12.3 Å². The predicted octanol–water partition coefficient (Wildman–Crippen LogP) is 2.78. The van der Waals surface area contributed by atoms with Crippen molar-refractivity contribution in [2.75, 3.05) is 0 Å². The first-order valence-electron chi connectivity index (χ1n) is 4.72. The standard InChI is InChI=1S/C13H15NO/c1-3-6-12(4-2)15-13-8-5-7-11(9-13)10-14/h3-9H,1-2,10,14H2/b12-6+. The smallest absolute Gasteiger partial charge is 0.127 e. The largest absolute Gasteiger partial charge is 0.457 e. The molecule has 0 atom stereocenters. The first kappa shape index (κ1) is 11.3. The van der Waals surface area contributed by atoms with Gasteiger partial charge in [-0.3, -0.25) is 0 Å². The van der Waals surface area contributed by atoms with Crippen LogP contribution >= 0.6 is 0 Å². The molecular formula is C13H15NO. The molecule has 2 N–H and O–H groups in total. The molecule has 1 aromatic carbocycles. The molecule has 0 aromatic heterocycles. The zero-order valence-corrected chi connectivity index (χ0v) is 8.65. The molecule has 0 radical (unpaired) electrons. The number of rotatable bonds is 5. The number of benzene rings is 1. The maximum atomic E-state index is 5.56. The van der Waals surface area contributed by atoms with Crippen molar-refractivity contribution in [2.24, 2.45) is 5.73 Å². The Kier molecular flexibility index (Phi) is 4.38. The normalized spacial score (nSPS) is 10.9. The maximum absolute atomic E-state index is 5.56. The summed E-state index contributed by atoms with van der Waals surface area (Å²) < 4.78 is 5.56. The molecule has 0 saturated carbocycles. The van der Waals surface area contributed by atoms with Crippen LogP contribution in [0.15, 0.2) is 61.4 Å². The predicted molar refractivity (Wildman–Crippen MR) is 63.4 cm³/mol.